The summed E-state index contributed by atoms with van der Waals surface area (Å²) in [5.74, 6) is 1.41. The molecule has 0 amide bonds. The van der Waals surface area contributed by atoms with E-state index in [1.165, 1.54) is 33.4 Å². The number of aryl methyl sites for hydroxylation is 6. The smallest absolute Gasteiger partial charge is 0.119 e. The number of phenols is 2. The van der Waals surface area contributed by atoms with E-state index in [9.17, 15) is 10.2 Å². The number of anilines is 3. The molecule has 0 saturated heterocycles. The Labute approximate surface area is 243 Å². The van der Waals surface area contributed by atoms with E-state index in [1.54, 1.807) is 31.4 Å². The average molecular weight is 544 g/mol. The number of aromatic hydroxyl groups is 2. The molecule has 208 valence electrons. The molecule has 5 aromatic rings. The number of nitrogens with zero attached hydrogens (tertiary/aromatic N) is 1. The van der Waals surface area contributed by atoms with Crippen molar-refractivity contribution in [2.75, 3.05) is 12.0 Å². The van der Waals surface area contributed by atoms with Crippen LogP contribution in [0.5, 0.6) is 17.2 Å². The van der Waals surface area contributed by atoms with Crippen molar-refractivity contribution >= 4 is 17.1 Å². The minimum absolute atomic E-state index is 0.294. The van der Waals surface area contributed by atoms with Crippen LogP contribution in [0.2, 0.25) is 0 Å². The Bertz CT molecular complexity index is 1490. The minimum Gasteiger partial charge on any atom is -0.508 e. The van der Waals surface area contributed by atoms with E-state index in [2.05, 4.69) is 67.3 Å². The van der Waals surface area contributed by atoms with Crippen LogP contribution in [0.15, 0.2) is 109 Å². The summed E-state index contributed by atoms with van der Waals surface area (Å²) in [6.45, 7) is 4.34. The summed E-state index contributed by atoms with van der Waals surface area (Å²) in [5, 5.41) is 19.3. The Morgan fingerprint density at radius 3 is 1.34 bits per heavy atom. The predicted octanol–water partition coefficient (Wildman–Crippen LogP) is 8.76. The molecule has 0 saturated carbocycles. The number of hydrogen-bond donors (Lipinski definition) is 2. The third kappa shape index (κ3) is 6.90. The quantitative estimate of drug-likeness (QED) is 0.185. The van der Waals surface area contributed by atoms with Gasteiger partial charge in [0.2, 0.25) is 0 Å². The van der Waals surface area contributed by atoms with Crippen molar-refractivity contribution in [1.29, 1.82) is 0 Å². The molecule has 0 heterocycles. The first-order valence-electron chi connectivity index (χ1n) is 14.1. The van der Waals surface area contributed by atoms with Gasteiger partial charge in [-0.25, -0.2) is 0 Å². The molecule has 2 N–H and O–H groups in total. The highest BCUT2D eigenvalue weighted by Crippen LogP contribution is 2.37. The molecule has 4 nitrogen and oxygen atoms in total. The summed E-state index contributed by atoms with van der Waals surface area (Å²) in [6, 6.07) is 36.6. The van der Waals surface area contributed by atoms with Crippen molar-refractivity contribution in [2.24, 2.45) is 0 Å². The van der Waals surface area contributed by atoms with Crippen molar-refractivity contribution in [3.63, 3.8) is 0 Å². The van der Waals surface area contributed by atoms with Crippen molar-refractivity contribution < 1.29 is 14.9 Å². The molecule has 41 heavy (non-hydrogen) atoms. The lowest BCUT2D eigenvalue weighted by molar-refractivity contribution is 0.415. The number of rotatable bonds is 10. The van der Waals surface area contributed by atoms with Crippen LogP contribution in [-0.4, -0.2) is 17.3 Å². The molecular weight excluding hydrogens is 506 g/mol. The van der Waals surface area contributed by atoms with Crippen LogP contribution >= 0.6 is 0 Å². The van der Waals surface area contributed by atoms with Gasteiger partial charge in [0.05, 0.1) is 7.11 Å². The number of hydrogen-bond acceptors (Lipinski definition) is 4. The third-order valence-corrected chi connectivity index (χ3v) is 7.75. The average Bonchev–Trinajstić information content (AvgIpc) is 2.99. The van der Waals surface area contributed by atoms with E-state index in [0.29, 0.717) is 11.5 Å². The Kier molecular flexibility index (Phi) is 8.59. The molecule has 0 spiro atoms. The van der Waals surface area contributed by atoms with E-state index >= 15 is 0 Å². The second-order valence-corrected chi connectivity index (χ2v) is 10.6. The molecule has 0 radical (unpaired) electrons. The molecule has 0 fully saturated rings. The summed E-state index contributed by atoms with van der Waals surface area (Å²) in [6.07, 6.45) is 3.62. The van der Waals surface area contributed by atoms with E-state index in [1.807, 2.05) is 36.4 Å². The Hall–Kier alpha value is -4.70. The van der Waals surface area contributed by atoms with Gasteiger partial charge in [0.15, 0.2) is 0 Å². The van der Waals surface area contributed by atoms with Gasteiger partial charge < -0.3 is 19.8 Å². The molecule has 0 aliphatic rings. The molecule has 5 aromatic carbocycles. The SMILES string of the molecule is COc1ccc(N(c2ccc(C)c(CCc3ccc(O)cc3)c2)c2ccc(C)c(CCc3ccc(O)cc3)c2)cc1. The zero-order chi connectivity index (χ0) is 28.8. The zero-order valence-corrected chi connectivity index (χ0v) is 24.0. The first-order valence-corrected chi connectivity index (χ1v) is 14.1. The Morgan fingerprint density at radius 1 is 0.512 bits per heavy atom. The fourth-order valence-corrected chi connectivity index (χ4v) is 5.19. The minimum atomic E-state index is 0.294. The van der Waals surface area contributed by atoms with Crippen molar-refractivity contribution in [3.8, 4) is 17.2 Å². The number of benzene rings is 5. The lowest BCUT2D eigenvalue weighted by Gasteiger charge is -2.27. The van der Waals surface area contributed by atoms with Gasteiger partial charge in [-0.2, -0.15) is 0 Å². The van der Waals surface area contributed by atoms with Crippen LogP contribution in [0.3, 0.4) is 0 Å². The van der Waals surface area contributed by atoms with Gasteiger partial charge in [-0.3, -0.25) is 0 Å². The van der Waals surface area contributed by atoms with E-state index in [4.69, 9.17) is 4.74 Å². The van der Waals surface area contributed by atoms with Crippen LogP contribution in [0, 0.1) is 13.8 Å². The van der Waals surface area contributed by atoms with E-state index in [0.717, 1.165) is 48.5 Å². The van der Waals surface area contributed by atoms with Gasteiger partial charge in [-0.15, -0.1) is 0 Å². The standard InChI is InChI=1S/C37H37NO3/c1-26-4-14-33(24-30(26)12-6-28-8-18-35(39)19-9-28)38(32-16-22-37(41-3)23-17-32)34-15-5-27(2)31(25-34)13-7-29-10-20-36(40)21-11-29/h4-5,8-11,14-25,39-40H,6-7,12-13H2,1-3H3. The highest BCUT2D eigenvalue weighted by Gasteiger charge is 2.16. The molecule has 0 atom stereocenters. The molecule has 0 aromatic heterocycles. The van der Waals surface area contributed by atoms with Gasteiger partial charge in [0, 0.05) is 17.1 Å². The molecule has 0 bridgehead atoms. The van der Waals surface area contributed by atoms with Crippen LogP contribution in [0.1, 0.15) is 33.4 Å². The highest BCUT2D eigenvalue weighted by atomic mass is 16.5. The second-order valence-electron chi connectivity index (χ2n) is 10.6. The maximum atomic E-state index is 9.65. The summed E-state index contributed by atoms with van der Waals surface area (Å²) in [4.78, 5) is 2.31. The molecule has 5 rings (SSSR count). The number of phenolic OH excluding ortho intramolecular Hbond substituents is 2. The molecule has 4 heteroatoms. The molecule has 0 aliphatic heterocycles. The maximum absolute atomic E-state index is 9.65. The Morgan fingerprint density at radius 2 is 0.927 bits per heavy atom. The van der Waals surface area contributed by atoms with Crippen molar-refractivity contribution in [1.82, 2.24) is 0 Å². The second kappa shape index (κ2) is 12.6. The molecule has 0 unspecified atom stereocenters. The first kappa shape index (κ1) is 27.9. The summed E-state index contributed by atoms with van der Waals surface area (Å²) in [7, 11) is 1.69. The van der Waals surface area contributed by atoms with Crippen LogP contribution < -0.4 is 9.64 Å². The highest BCUT2D eigenvalue weighted by molar-refractivity contribution is 5.78. The largest absolute Gasteiger partial charge is 0.508 e. The topological polar surface area (TPSA) is 52.9 Å². The number of ether oxygens (including phenoxy) is 1. The maximum Gasteiger partial charge on any atom is 0.119 e. The van der Waals surface area contributed by atoms with Crippen LogP contribution in [-0.2, 0) is 25.7 Å². The van der Waals surface area contributed by atoms with Gasteiger partial charge in [-0.05, 0) is 146 Å². The normalized spacial score (nSPS) is 10.9. The molecular formula is C37H37NO3. The third-order valence-electron chi connectivity index (χ3n) is 7.75. The fraction of sp³-hybridized carbons (Fsp3) is 0.189. The lowest BCUT2D eigenvalue weighted by Crippen LogP contribution is -2.11. The molecule has 0 aliphatic carbocycles. The zero-order valence-electron chi connectivity index (χ0n) is 24.0. The van der Waals surface area contributed by atoms with Gasteiger partial charge >= 0.3 is 0 Å². The van der Waals surface area contributed by atoms with Gasteiger partial charge in [-0.1, -0.05) is 36.4 Å². The van der Waals surface area contributed by atoms with Crippen molar-refractivity contribution in [2.45, 2.75) is 39.5 Å². The predicted molar refractivity (Wildman–Crippen MR) is 168 cm³/mol. The van der Waals surface area contributed by atoms with E-state index < -0.39 is 0 Å². The lowest BCUT2D eigenvalue weighted by atomic mass is 9.98. The Balaban J connectivity index is 1.48. The monoisotopic (exact) mass is 543 g/mol. The van der Waals surface area contributed by atoms with E-state index in [-0.39, 0.29) is 0 Å². The summed E-state index contributed by atoms with van der Waals surface area (Å²) in [5.41, 5.74) is 10.8. The van der Waals surface area contributed by atoms with Crippen LogP contribution in [0.4, 0.5) is 17.1 Å². The number of methoxy groups -OCH3 is 1. The van der Waals surface area contributed by atoms with Gasteiger partial charge in [0.1, 0.15) is 17.2 Å². The van der Waals surface area contributed by atoms with Gasteiger partial charge in [0.25, 0.3) is 0 Å². The summed E-state index contributed by atoms with van der Waals surface area (Å²) >= 11 is 0. The van der Waals surface area contributed by atoms with Crippen LogP contribution in [0.25, 0.3) is 0 Å². The van der Waals surface area contributed by atoms with Crippen molar-refractivity contribution in [3.05, 3.63) is 143 Å². The summed E-state index contributed by atoms with van der Waals surface area (Å²) < 4.78 is 5.44. The fourth-order valence-electron chi connectivity index (χ4n) is 5.19. The first-order chi connectivity index (χ1) is 19.9.